The van der Waals surface area contributed by atoms with Crippen LogP contribution in [0, 0.1) is 11.8 Å². The number of fused-ring (bicyclic) bond motifs is 4. The maximum Gasteiger partial charge on any atom is 0.120 e. The highest BCUT2D eigenvalue weighted by Gasteiger charge is 2.20. The Labute approximate surface area is 362 Å². The molecular formula is C57H60O4. The molecule has 0 saturated carbocycles. The van der Waals surface area contributed by atoms with E-state index in [-0.39, 0.29) is 5.75 Å². The molecule has 0 amide bonds. The number of rotatable bonds is 19. The summed E-state index contributed by atoms with van der Waals surface area (Å²) in [4.78, 5) is 0. The second-order valence-electron chi connectivity index (χ2n) is 16.9. The van der Waals surface area contributed by atoms with Gasteiger partial charge in [-0.25, -0.2) is 0 Å². The second kappa shape index (κ2) is 19.6. The van der Waals surface area contributed by atoms with Gasteiger partial charge in [0.2, 0.25) is 0 Å². The van der Waals surface area contributed by atoms with Crippen LogP contribution in [0.4, 0.5) is 0 Å². The summed E-state index contributed by atoms with van der Waals surface area (Å²) < 4.78 is 19.6. The van der Waals surface area contributed by atoms with E-state index in [1.54, 1.807) is 6.07 Å². The van der Waals surface area contributed by atoms with Crippen molar-refractivity contribution in [1.82, 2.24) is 0 Å². The fourth-order valence-corrected chi connectivity index (χ4v) is 8.81. The first-order valence-electron chi connectivity index (χ1n) is 22.7. The number of aromatic hydroxyl groups is 1. The van der Waals surface area contributed by atoms with E-state index in [9.17, 15) is 5.11 Å². The smallest absolute Gasteiger partial charge is 0.120 e. The lowest BCUT2D eigenvalue weighted by Gasteiger charge is -2.21. The molecule has 61 heavy (non-hydrogen) atoms. The van der Waals surface area contributed by atoms with E-state index in [0.717, 1.165) is 95.4 Å². The summed E-state index contributed by atoms with van der Waals surface area (Å²) in [6.45, 7) is 11.0. The largest absolute Gasteiger partial charge is 0.508 e. The first kappa shape index (κ1) is 41.7. The Hall–Kier alpha value is -6.00. The number of phenolic OH excluding ortho intramolecular Hbond substituents is 1. The molecule has 4 nitrogen and oxygen atoms in total. The predicted octanol–water partition coefficient (Wildman–Crippen LogP) is 16.1. The summed E-state index contributed by atoms with van der Waals surface area (Å²) in [6, 6.07) is 49.1. The van der Waals surface area contributed by atoms with E-state index in [0.29, 0.717) is 31.7 Å². The fraction of sp³-hybridized carbons (Fsp3) is 0.298. The van der Waals surface area contributed by atoms with E-state index in [1.165, 1.54) is 44.1 Å². The Morgan fingerprint density at radius 1 is 0.443 bits per heavy atom. The molecule has 0 aliphatic rings. The van der Waals surface area contributed by atoms with Crippen molar-refractivity contribution in [3.63, 3.8) is 0 Å². The van der Waals surface area contributed by atoms with Crippen LogP contribution in [0.2, 0.25) is 0 Å². The van der Waals surface area contributed by atoms with E-state index in [2.05, 4.69) is 131 Å². The quantitative estimate of drug-likeness (QED) is 0.0827. The minimum atomic E-state index is 0.269. The molecule has 0 heterocycles. The summed E-state index contributed by atoms with van der Waals surface area (Å²) in [6.07, 6.45) is 9.39. The Kier molecular flexibility index (Phi) is 13.4. The molecule has 0 saturated heterocycles. The van der Waals surface area contributed by atoms with Crippen LogP contribution in [0.1, 0.15) is 84.6 Å². The molecule has 0 radical (unpaired) electrons. The molecule has 0 fully saturated rings. The number of benzene rings is 8. The van der Waals surface area contributed by atoms with Crippen molar-refractivity contribution in [3.05, 3.63) is 145 Å². The van der Waals surface area contributed by atoms with Crippen LogP contribution in [0.15, 0.2) is 140 Å². The van der Waals surface area contributed by atoms with Crippen LogP contribution in [-0.4, -0.2) is 18.3 Å². The van der Waals surface area contributed by atoms with E-state index < -0.39 is 0 Å². The van der Waals surface area contributed by atoms with Gasteiger partial charge in [0.1, 0.15) is 29.6 Å². The summed E-state index contributed by atoms with van der Waals surface area (Å²) in [5, 5.41) is 19.3. The molecule has 8 aromatic carbocycles. The zero-order valence-electron chi connectivity index (χ0n) is 36.4. The summed E-state index contributed by atoms with van der Waals surface area (Å²) >= 11 is 0. The van der Waals surface area contributed by atoms with E-state index >= 15 is 0 Å². The van der Waals surface area contributed by atoms with Crippen molar-refractivity contribution in [3.8, 4) is 45.3 Å². The minimum absolute atomic E-state index is 0.269. The molecule has 4 heteroatoms. The van der Waals surface area contributed by atoms with E-state index in [1.807, 2.05) is 30.3 Å². The average molecular weight is 809 g/mol. The van der Waals surface area contributed by atoms with Gasteiger partial charge < -0.3 is 19.3 Å². The third-order valence-electron chi connectivity index (χ3n) is 12.6. The summed E-state index contributed by atoms with van der Waals surface area (Å²) in [5.74, 6) is 3.95. The highest BCUT2D eigenvalue weighted by Crippen LogP contribution is 2.47. The molecule has 2 unspecified atom stereocenters. The molecule has 8 aromatic rings. The van der Waals surface area contributed by atoms with Gasteiger partial charge in [0.05, 0.1) is 13.2 Å². The fourth-order valence-electron chi connectivity index (χ4n) is 8.81. The molecule has 1 N–H and O–H groups in total. The van der Waals surface area contributed by atoms with Gasteiger partial charge in [-0.1, -0.05) is 145 Å². The first-order valence-corrected chi connectivity index (χ1v) is 22.7. The molecule has 0 aliphatic carbocycles. The zero-order chi connectivity index (χ0) is 42.1. The Morgan fingerprint density at radius 3 is 1.46 bits per heavy atom. The number of ether oxygens (including phenoxy) is 3. The highest BCUT2D eigenvalue weighted by molar-refractivity contribution is 6.22. The molecule has 0 aromatic heterocycles. The van der Waals surface area contributed by atoms with Gasteiger partial charge in [-0.05, 0) is 156 Å². The van der Waals surface area contributed by atoms with Crippen molar-refractivity contribution in [2.45, 2.75) is 85.7 Å². The Balaban J connectivity index is 1.29. The van der Waals surface area contributed by atoms with Crippen molar-refractivity contribution < 1.29 is 19.3 Å². The predicted molar refractivity (Wildman–Crippen MR) is 257 cm³/mol. The maximum absolute atomic E-state index is 10.3. The molecular weight excluding hydrogens is 749 g/mol. The standard InChI is InChI=1S/C57H60O4/c1-5-9-14-39(7-3)36-59-50-27-29-53-54(34-50)56(46-20-18-44-32-48(58)24-22-42(44)30-46)52-28-26-51(60-37-40(8-4)15-10-6-2)35-55(52)57(53)47-21-19-45-33-49(25-23-43(45)31-47)61-38-41-16-12-11-13-17-41/h11-13,16-35,39-40,58H,5-10,14-15,36-38H2,1-4H3. The topological polar surface area (TPSA) is 47.9 Å². The van der Waals surface area contributed by atoms with Crippen molar-refractivity contribution in [2.24, 2.45) is 11.8 Å². The Morgan fingerprint density at radius 2 is 0.918 bits per heavy atom. The van der Waals surface area contributed by atoms with Crippen molar-refractivity contribution in [2.75, 3.05) is 13.2 Å². The van der Waals surface area contributed by atoms with Gasteiger partial charge in [0, 0.05) is 0 Å². The van der Waals surface area contributed by atoms with Gasteiger partial charge in [-0.2, -0.15) is 0 Å². The first-order chi connectivity index (χ1) is 29.9. The Bertz CT molecular complexity index is 2730. The third kappa shape index (κ3) is 9.65. The van der Waals surface area contributed by atoms with Crippen molar-refractivity contribution >= 4 is 43.1 Å². The lowest BCUT2D eigenvalue weighted by molar-refractivity contribution is 0.233. The van der Waals surface area contributed by atoms with Crippen molar-refractivity contribution in [1.29, 1.82) is 0 Å². The second-order valence-corrected chi connectivity index (χ2v) is 16.9. The van der Waals surface area contributed by atoms with Crippen LogP contribution in [0.25, 0.3) is 65.3 Å². The zero-order valence-corrected chi connectivity index (χ0v) is 36.4. The monoisotopic (exact) mass is 808 g/mol. The van der Waals surface area contributed by atoms with Gasteiger partial charge in [0.25, 0.3) is 0 Å². The van der Waals surface area contributed by atoms with Crippen LogP contribution in [-0.2, 0) is 6.61 Å². The average Bonchev–Trinajstić information content (AvgIpc) is 3.30. The lowest BCUT2D eigenvalue weighted by atomic mass is 9.85. The molecule has 0 bridgehead atoms. The highest BCUT2D eigenvalue weighted by atomic mass is 16.5. The van der Waals surface area contributed by atoms with E-state index in [4.69, 9.17) is 14.2 Å². The van der Waals surface area contributed by atoms with Crippen LogP contribution in [0.3, 0.4) is 0 Å². The molecule has 8 rings (SSSR count). The molecule has 0 spiro atoms. The van der Waals surface area contributed by atoms with Gasteiger partial charge in [-0.15, -0.1) is 0 Å². The summed E-state index contributed by atoms with van der Waals surface area (Å²) in [5.41, 5.74) is 5.75. The lowest BCUT2D eigenvalue weighted by Crippen LogP contribution is -2.11. The van der Waals surface area contributed by atoms with Crippen LogP contribution >= 0.6 is 0 Å². The van der Waals surface area contributed by atoms with Crippen LogP contribution < -0.4 is 14.2 Å². The minimum Gasteiger partial charge on any atom is -0.508 e. The normalized spacial score (nSPS) is 12.6. The number of hydrogen-bond acceptors (Lipinski definition) is 4. The number of phenols is 1. The SMILES string of the molecule is CCCCC(CC)COc1ccc2c(-c3ccc4cc(OCc5ccccc5)ccc4c3)c3cc(OCC(CC)CCCC)ccc3c(-c3ccc4cc(O)ccc4c3)c2c1. The van der Waals surface area contributed by atoms with Gasteiger partial charge in [-0.3, -0.25) is 0 Å². The van der Waals surface area contributed by atoms with Gasteiger partial charge in [0.15, 0.2) is 0 Å². The maximum atomic E-state index is 10.3. The molecule has 0 aliphatic heterocycles. The van der Waals surface area contributed by atoms with Crippen LogP contribution in [0.5, 0.6) is 23.0 Å². The van der Waals surface area contributed by atoms with Gasteiger partial charge >= 0.3 is 0 Å². The number of unbranched alkanes of at least 4 members (excludes halogenated alkanes) is 2. The molecule has 2 atom stereocenters. The number of hydrogen-bond donors (Lipinski definition) is 1. The molecule has 312 valence electrons. The third-order valence-corrected chi connectivity index (χ3v) is 12.6. The summed E-state index contributed by atoms with van der Waals surface area (Å²) in [7, 11) is 0.